The number of aromatic nitrogens is 3. The van der Waals surface area contributed by atoms with Crippen LogP contribution in [-0.4, -0.2) is 47.0 Å². The maximum Gasteiger partial charge on any atom is 0.252 e. The number of nitrogens with zero attached hydrogens (tertiary/aromatic N) is 3. The molecule has 1 aromatic carbocycles. The molecule has 2 heterocycles. The lowest BCUT2D eigenvalue weighted by Gasteiger charge is -2.30. The zero-order chi connectivity index (χ0) is 22.8. The Bertz CT molecular complexity index is 1130. The molecule has 2 aromatic heterocycles. The van der Waals surface area contributed by atoms with Crippen LogP contribution < -0.4 is 19.5 Å². The van der Waals surface area contributed by atoms with Crippen molar-refractivity contribution in [3.63, 3.8) is 0 Å². The van der Waals surface area contributed by atoms with Crippen molar-refractivity contribution in [1.82, 2.24) is 20.1 Å². The molecule has 1 N–H and O–H groups in total. The molecule has 4 rings (SSSR count). The number of carbonyl (C=O) groups is 1. The minimum Gasteiger partial charge on any atom is -0.493 e. The summed E-state index contributed by atoms with van der Waals surface area (Å²) in [5, 5.41) is 8.47. The van der Waals surface area contributed by atoms with Gasteiger partial charge in [-0.15, -0.1) is 0 Å². The molecule has 0 spiro atoms. The summed E-state index contributed by atoms with van der Waals surface area (Å²) in [7, 11) is 5.07. The van der Waals surface area contributed by atoms with Crippen molar-refractivity contribution in [2.75, 3.05) is 14.2 Å². The molecule has 1 fully saturated rings. The number of hydrogen-bond acceptors (Lipinski definition) is 6. The number of amides is 1. The SMILES string of the molecule is COc1cccc(OC2CCC(NC(=O)c3cc(C)nc4c3c(C)nn4C)CC2)c1OC. The van der Waals surface area contributed by atoms with Crippen LogP contribution in [0.25, 0.3) is 11.0 Å². The summed E-state index contributed by atoms with van der Waals surface area (Å²) in [5.74, 6) is 1.86. The Morgan fingerprint density at radius 1 is 1.09 bits per heavy atom. The van der Waals surface area contributed by atoms with Crippen molar-refractivity contribution >= 4 is 16.9 Å². The van der Waals surface area contributed by atoms with Crippen LogP contribution in [0.15, 0.2) is 24.3 Å². The van der Waals surface area contributed by atoms with Crippen LogP contribution in [0, 0.1) is 13.8 Å². The Balaban J connectivity index is 1.41. The Hall–Kier alpha value is -3.29. The summed E-state index contributed by atoms with van der Waals surface area (Å²) in [4.78, 5) is 17.7. The number of para-hydroxylation sites is 1. The van der Waals surface area contributed by atoms with Crippen molar-refractivity contribution in [3.05, 3.63) is 41.2 Å². The number of fused-ring (bicyclic) bond motifs is 1. The summed E-state index contributed by atoms with van der Waals surface area (Å²) < 4.78 is 18.8. The van der Waals surface area contributed by atoms with E-state index in [1.54, 1.807) is 18.9 Å². The lowest BCUT2D eigenvalue weighted by molar-refractivity contribution is 0.0892. The van der Waals surface area contributed by atoms with E-state index in [4.69, 9.17) is 14.2 Å². The van der Waals surface area contributed by atoms with E-state index in [1.807, 2.05) is 45.2 Å². The number of rotatable bonds is 6. The first kappa shape index (κ1) is 21.9. The normalized spacial score (nSPS) is 18.4. The summed E-state index contributed by atoms with van der Waals surface area (Å²) >= 11 is 0. The van der Waals surface area contributed by atoms with Gasteiger partial charge in [0.15, 0.2) is 17.1 Å². The van der Waals surface area contributed by atoms with E-state index < -0.39 is 0 Å². The molecule has 1 saturated carbocycles. The van der Waals surface area contributed by atoms with Crippen LogP contribution in [0.3, 0.4) is 0 Å². The van der Waals surface area contributed by atoms with E-state index in [1.165, 1.54) is 0 Å². The zero-order valence-corrected chi connectivity index (χ0v) is 19.3. The fraction of sp³-hybridized carbons (Fsp3) is 0.458. The summed E-state index contributed by atoms with van der Waals surface area (Å²) in [6.07, 6.45) is 3.47. The molecule has 0 unspecified atom stereocenters. The first-order chi connectivity index (χ1) is 15.4. The fourth-order valence-corrected chi connectivity index (χ4v) is 4.47. The molecule has 8 heteroatoms. The first-order valence-corrected chi connectivity index (χ1v) is 10.9. The Kier molecular flexibility index (Phi) is 6.21. The predicted molar refractivity (Wildman–Crippen MR) is 122 cm³/mol. The van der Waals surface area contributed by atoms with Gasteiger partial charge in [0, 0.05) is 18.8 Å². The molecule has 32 heavy (non-hydrogen) atoms. The average molecular weight is 439 g/mol. The maximum atomic E-state index is 13.1. The Morgan fingerprint density at radius 3 is 2.50 bits per heavy atom. The monoisotopic (exact) mass is 438 g/mol. The number of ether oxygens (including phenoxy) is 3. The van der Waals surface area contributed by atoms with Crippen molar-refractivity contribution < 1.29 is 19.0 Å². The smallest absolute Gasteiger partial charge is 0.252 e. The van der Waals surface area contributed by atoms with Gasteiger partial charge < -0.3 is 19.5 Å². The molecule has 3 aromatic rings. The standard InChI is InChI=1S/C24H30N4O4/c1-14-13-18(21-15(2)27-28(3)23(21)25-14)24(29)26-16-9-11-17(12-10-16)32-20-8-6-7-19(30-4)22(20)31-5/h6-8,13,16-17H,9-12H2,1-5H3,(H,26,29). The number of nitrogens with one attached hydrogen (secondary N) is 1. The molecular formula is C24H30N4O4. The van der Waals surface area contributed by atoms with Crippen LogP contribution >= 0.6 is 0 Å². The fourth-order valence-electron chi connectivity index (χ4n) is 4.47. The Labute approximate surface area is 187 Å². The average Bonchev–Trinajstić information content (AvgIpc) is 3.07. The molecule has 170 valence electrons. The van der Waals surface area contributed by atoms with Gasteiger partial charge in [0.25, 0.3) is 5.91 Å². The minimum atomic E-state index is -0.0737. The lowest BCUT2D eigenvalue weighted by Crippen LogP contribution is -2.39. The van der Waals surface area contributed by atoms with Gasteiger partial charge in [-0.25, -0.2) is 4.98 Å². The van der Waals surface area contributed by atoms with E-state index in [9.17, 15) is 4.79 Å². The maximum absolute atomic E-state index is 13.1. The van der Waals surface area contributed by atoms with Gasteiger partial charge in [0.05, 0.1) is 37.0 Å². The van der Waals surface area contributed by atoms with Crippen LogP contribution in [0.5, 0.6) is 17.2 Å². The topological polar surface area (TPSA) is 87.5 Å². The van der Waals surface area contributed by atoms with Crippen LogP contribution in [0.4, 0.5) is 0 Å². The summed E-state index contributed by atoms with van der Waals surface area (Å²) in [6, 6.07) is 7.58. The molecule has 1 aliphatic rings. The van der Waals surface area contributed by atoms with Gasteiger partial charge in [0.1, 0.15) is 0 Å². The highest BCUT2D eigenvalue weighted by Gasteiger charge is 2.26. The third-order valence-electron chi connectivity index (χ3n) is 6.01. The molecule has 0 radical (unpaired) electrons. The molecular weight excluding hydrogens is 408 g/mol. The first-order valence-electron chi connectivity index (χ1n) is 10.9. The lowest BCUT2D eigenvalue weighted by atomic mass is 9.92. The number of methoxy groups -OCH3 is 2. The minimum absolute atomic E-state index is 0.0691. The largest absolute Gasteiger partial charge is 0.493 e. The molecule has 1 amide bonds. The number of pyridine rings is 1. The summed E-state index contributed by atoms with van der Waals surface area (Å²) in [5.41, 5.74) is 2.98. The predicted octanol–water partition coefficient (Wildman–Crippen LogP) is 3.72. The second-order valence-electron chi connectivity index (χ2n) is 8.28. The third-order valence-corrected chi connectivity index (χ3v) is 6.01. The van der Waals surface area contributed by atoms with Crippen LogP contribution in [-0.2, 0) is 7.05 Å². The van der Waals surface area contributed by atoms with E-state index in [-0.39, 0.29) is 18.1 Å². The highest BCUT2D eigenvalue weighted by atomic mass is 16.5. The van der Waals surface area contributed by atoms with Crippen LogP contribution in [0.1, 0.15) is 47.4 Å². The number of benzene rings is 1. The molecule has 0 saturated heterocycles. The number of aryl methyl sites for hydroxylation is 3. The second-order valence-corrected chi connectivity index (χ2v) is 8.28. The van der Waals surface area contributed by atoms with Crippen molar-refractivity contribution in [1.29, 1.82) is 0 Å². The molecule has 0 atom stereocenters. The van der Waals surface area contributed by atoms with Crippen LogP contribution in [0.2, 0.25) is 0 Å². The number of carbonyl (C=O) groups excluding carboxylic acids is 1. The van der Waals surface area contributed by atoms with Gasteiger partial charge in [-0.2, -0.15) is 5.10 Å². The quantitative estimate of drug-likeness (QED) is 0.631. The van der Waals surface area contributed by atoms with E-state index in [0.29, 0.717) is 22.8 Å². The highest BCUT2D eigenvalue weighted by molar-refractivity contribution is 6.06. The third kappa shape index (κ3) is 4.22. The second kappa shape index (κ2) is 9.06. The summed E-state index contributed by atoms with van der Waals surface area (Å²) in [6.45, 7) is 3.81. The van der Waals surface area contributed by atoms with Gasteiger partial charge >= 0.3 is 0 Å². The molecule has 1 aliphatic carbocycles. The molecule has 8 nitrogen and oxygen atoms in total. The Morgan fingerprint density at radius 2 is 1.81 bits per heavy atom. The van der Waals surface area contributed by atoms with Gasteiger partial charge in [-0.05, 0) is 57.7 Å². The molecule has 0 bridgehead atoms. The van der Waals surface area contributed by atoms with Gasteiger partial charge in [0.2, 0.25) is 5.75 Å². The zero-order valence-electron chi connectivity index (χ0n) is 19.3. The van der Waals surface area contributed by atoms with Crippen molar-refractivity contribution in [3.8, 4) is 17.2 Å². The van der Waals surface area contributed by atoms with Crippen molar-refractivity contribution in [2.45, 2.75) is 51.7 Å². The van der Waals surface area contributed by atoms with Gasteiger partial charge in [-0.1, -0.05) is 6.07 Å². The van der Waals surface area contributed by atoms with E-state index in [0.717, 1.165) is 48.1 Å². The van der Waals surface area contributed by atoms with Gasteiger partial charge in [-0.3, -0.25) is 9.48 Å². The van der Waals surface area contributed by atoms with E-state index in [2.05, 4.69) is 15.4 Å². The van der Waals surface area contributed by atoms with Crippen molar-refractivity contribution in [2.24, 2.45) is 7.05 Å². The number of hydrogen-bond donors (Lipinski definition) is 1. The van der Waals surface area contributed by atoms with E-state index >= 15 is 0 Å². The molecule has 0 aliphatic heterocycles. The highest BCUT2D eigenvalue weighted by Crippen LogP contribution is 2.38.